The van der Waals surface area contributed by atoms with E-state index in [2.05, 4.69) is 4.98 Å². The molecule has 0 unspecified atom stereocenters. The molecule has 0 saturated heterocycles. The monoisotopic (exact) mass is 182 g/mol. The van der Waals surface area contributed by atoms with Gasteiger partial charge in [-0.05, 0) is 0 Å². The molecule has 3 N–H and O–H groups in total. The summed E-state index contributed by atoms with van der Waals surface area (Å²) < 4.78 is 0. The van der Waals surface area contributed by atoms with E-state index in [1.165, 1.54) is 6.07 Å². The molecule has 0 radical (unpaired) electrons. The molecule has 1 aromatic rings. The molecule has 0 aromatic heterocycles. The molecule has 0 saturated carbocycles. The molecule has 0 bridgehead atoms. The Morgan fingerprint density at radius 2 is 2.17 bits per heavy atom. The van der Waals surface area contributed by atoms with Gasteiger partial charge in [-0.2, -0.15) is 0 Å². The lowest BCUT2D eigenvalue weighted by molar-refractivity contribution is -0.00000285. The molecule has 0 aliphatic heterocycles. The highest BCUT2D eigenvalue weighted by molar-refractivity contribution is 5.95. The van der Waals surface area contributed by atoms with E-state index in [0.29, 0.717) is 11.3 Å². The molecular weight excluding hydrogens is 176 g/mol. The molecule has 0 atom stereocenters. The van der Waals surface area contributed by atoms with Gasteiger partial charge >= 0.3 is 5.69 Å². The van der Waals surface area contributed by atoms with Crippen LogP contribution >= 0.6 is 0 Å². The summed E-state index contributed by atoms with van der Waals surface area (Å²) in [5.41, 5.74) is 6.15. The Morgan fingerprint density at radius 3 is 2.67 bits per heavy atom. The first-order valence-electron chi connectivity index (χ1n) is 3.03. The average Bonchev–Trinajstić information content (AvgIpc) is 2.05. The summed E-state index contributed by atoms with van der Waals surface area (Å²) in [5.74, 6) is -0.0319. The lowest BCUT2D eigenvalue weighted by Crippen LogP contribution is -3.00. The molecule has 0 heterocycles. The molecule has 62 valence electrons. The van der Waals surface area contributed by atoms with E-state index in [1.54, 1.807) is 18.2 Å². The van der Waals surface area contributed by atoms with Crippen molar-refractivity contribution in [3.05, 3.63) is 34.8 Å². The van der Waals surface area contributed by atoms with Crippen molar-refractivity contribution in [1.29, 1.82) is 10.8 Å². The van der Waals surface area contributed by atoms with Crippen molar-refractivity contribution in [2.24, 2.45) is 5.73 Å². The van der Waals surface area contributed by atoms with E-state index in [1.807, 2.05) is 0 Å². The molecule has 5 heteroatoms. The standard InChI is InChI=1S/C7H7N4.ClH/c8-7(9)5-2-1-3-6(4-5)11-10;/h1-4H,(H3,8,9);1H/q+1;/p-1. The lowest BCUT2D eigenvalue weighted by Gasteiger charge is -1.91. The van der Waals surface area contributed by atoms with E-state index in [4.69, 9.17) is 16.5 Å². The fourth-order valence-electron chi connectivity index (χ4n) is 0.736. The maximum atomic E-state index is 8.36. The topological polar surface area (TPSA) is 78.0 Å². The molecule has 12 heavy (non-hydrogen) atoms. The predicted molar refractivity (Wildman–Crippen MR) is 42.2 cm³/mol. The number of hydrogen-bond acceptors (Lipinski definition) is 2. The molecule has 4 nitrogen and oxygen atoms in total. The van der Waals surface area contributed by atoms with Crippen LogP contribution in [0, 0.1) is 10.8 Å². The van der Waals surface area contributed by atoms with Crippen molar-refractivity contribution >= 4 is 11.5 Å². The zero-order valence-corrected chi connectivity index (χ0v) is 6.92. The van der Waals surface area contributed by atoms with Gasteiger partial charge in [-0.25, -0.2) is 0 Å². The zero-order valence-electron chi connectivity index (χ0n) is 6.16. The van der Waals surface area contributed by atoms with Crippen LogP contribution in [-0.4, -0.2) is 5.84 Å². The van der Waals surface area contributed by atoms with Crippen LogP contribution in [0.2, 0.25) is 0 Å². The Kier molecular flexibility index (Phi) is 3.74. The van der Waals surface area contributed by atoms with Crippen LogP contribution in [0.25, 0.3) is 4.98 Å². The Morgan fingerprint density at radius 1 is 1.50 bits per heavy atom. The van der Waals surface area contributed by atoms with Gasteiger partial charge in [0.1, 0.15) is 5.84 Å². The first-order valence-corrected chi connectivity index (χ1v) is 3.03. The normalized spacial score (nSPS) is 7.92. The van der Waals surface area contributed by atoms with E-state index in [0.717, 1.165) is 0 Å². The lowest BCUT2D eigenvalue weighted by atomic mass is 10.2. The number of amidine groups is 1. The third-order valence-electron chi connectivity index (χ3n) is 1.27. The molecule has 1 aromatic carbocycles. The maximum Gasteiger partial charge on any atom is 0.385 e. The summed E-state index contributed by atoms with van der Waals surface area (Å²) in [7, 11) is 0. The van der Waals surface area contributed by atoms with Gasteiger partial charge in [-0.1, -0.05) is 12.1 Å². The summed E-state index contributed by atoms with van der Waals surface area (Å²) in [6.07, 6.45) is 0. The average molecular weight is 183 g/mol. The number of benzene rings is 1. The van der Waals surface area contributed by atoms with Crippen molar-refractivity contribution < 1.29 is 12.4 Å². The molecular formula is C7H7ClN4. The number of diazo groups is 1. The Balaban J connectivity index is 0.00000121. The van der Waals surface area contributed by atoms with Gasteiger partial charge in [0, 0.05) is 17.7 Å². The number of hydrogen-bond donors (Lipinski definition) is 2. The first kappa shape index (κ1) is 10.4. The minimum atomic E-state index is -0.0319. The SMILES string of the molecule is N#[N+]c1cccc(C(=N)N)c1.[Cl-]. The maximum absolute atomic E-state index is 8.36. The van der Waals surface area contributed by atoms with Crippen molar-refractivity contribution in [3.8, 4) is 0 Å². The second-order valence-electron chi connectivity index (χ2n) is 2.06. The summed E-state index contributed by atoms with van der Waals surface area (Å²) in [6.45, 7) is 0. The van der Waals surface area contributed by atoms with Gasteiger partial charge in [0.2, 0.25) is 5.39 Å². The number of nitrogens with one attached hydrogen (secondary N) is 1. The Bertz CT molecular complexity index is 328. The highest BCUT2D eigenvalue weighted by Crippen LogP contribution is 2.12. The molecule has 0 spiro atoms. The van der Waals surface area contributed by atoms with Gasteiger partial charge in [0.05, 0.1) is 0 Å². The van der Waals surface area contributed by atoms with Gasteiger partial charge in [0.15, 0.2) is 4.98 Å². The highest BCUT2D eigenvalue weighted by atomic mass is 35.5. The van der Waals surface area contributed by atoms with Crippen LogP contribution in [0.3, 0.4) is 0 Å². The summed E-state index contributed by atoms with van der Waals surface area (Å²) in [4.78, 5) is 2.96. The van der Waals surface area contributed by atoms with Gasteiger partial charge < -0.3 is 18.1 Å². The number of halogens is 1. The Hall–Kier alpha value is -1.60. The van der Waals surface area contributed by atoms with Gasteiger partial charge in [-0.15, -0.1) is 0 Å². The quantitative estimate of drug-likeness (QED) is 0.314. The second-order valence-corrected chi connectivity index (χ2v) is 2.06. The second kappa shape index (κ2) is 4.31. The number of nitrogens with two attached hydrogens (primary N) is 1. The Labute approximate surface area is 75.9 Å². The van der Waals surface area contributed by atoms with Crippen LogP contribution in [0.4, 0.5) is 5.69 Å². The van der Waals surface area contributed by atoms with Gasteiger partial charge in [-0.3, -0.25) is 5.41 Å². The zero-order chi connectivity index (χ0) is 8.27. The minimum absolute atomic E-state index is 0. The smallest absolute Gasteiger partial charge is 0.385 e. The fourth-order valence-corrected chi connectivity index (χ4v) is 0.736. The fraction of sp³-hybridized carbons (Fsp3) is 0. The first-order chi connectivity index (χ1) is 5.24. The van der Waals surface area contributed by atoms with Crippen LogP contribution in [0.15, 0.2) is 24.3 Å². The third kappa shape index (κ3) is 2.22. The van der Waals surface area contributed by atoms with Gasteiger partial charge in [0.25, 0.3) is 0 Å². The van der Waals surface area contributed by atoms with Crippen molar-refractivity contribution in [3.63, 3.8) is 0 Å². The number of rotatable bonds is 1. The van der Waals surface area contributed by atoms with E-state index in [9.17, 15) is 0 Å². The summed E-state index contributed by atoms with van der Waals surface area (Å²) >= 11 is 0. The number of nitrogens with zero attached hydrogens (tertiary/aromatic N) is 2. The van der Waals surface area contributed by atoms with E-state index in [-0.39, 0.29) is 18.2 Å². The van der Waals surface area contributed by atoms with Crippen LogP contribution < -0.4 is 18.1 Å². The highest BCUT2D eigenvalue weighted by Gasteiger charge is 2.05. The van der Waals surface area contributed by atoms with Crippen LogP contribution in [-0.2, 0) is 0 Å². The minimum Gasteiger partial charge on any atom is -1.00 e. The summed E-state index contributed by atoms with van der Waals surface area (Å²) in [5, 5.41) is 15.4. The summed E-state index contributed by atoms with van der Waals surface area (Å²) in [6, 6.07) is 6.50. The predicted octanol–water partition coefficient (Wildman–Crippen LogP) is -1.54. The van der Waals surface area contributed by atoms with Crippen molar-refractivity contribution in [2.75, 3.05) is 0 Å². The van der Waals surface area contributed by atoms with E-state index >= 15 is 0 Å². The van der Waals surface area contributed by atoms with Crippen molar-refractivity contribution in [1.82, 2.24) is 0 Å². The molecule has 1 rings (SSSR count). The largest absolute Gasteiger partial charge is 1.00 e. The third-order valence-corrected chi connectivity index (χ3v) is 1.27. The molecule has 0 aliphatic carbocycles. The van der Waals surface area contributed by atoms with E-state index < -0.39 is 0 Å². The number of nitrogen functional groups attached to an aromatic ring is 1. The molecule has 0 fully saturated rings. The van der Waals surface area contributed by atoms with Crippen LogP contribution in [0.1, 0.15) is 5.56 Å². The molecule has 0 amide bonds. The molecule has 0 aliphatic rings. The van der Waals surface area contributed by atoms with Crippen LogP contribution in [0.5, 0.6) is 0 Å². The van der Waals surface area contributed by atoms with Crippen molar-refractivity contribution in [2.45, 2.75) is 0 Å².